The molecule has 2 N–H and O–H groups in total. The first-order valence-corrected chi connectivity index (χ1v) is 9.94. The molecule has 0 saturated carbocycles. The van der Waals surface area contributed by atoms with E-state index in [1.54, 1.807) is 34.9 Å². The molecule has 1 heterocycles. The fourth-order valence-corrected chi connectivity index (χ4v) is 4.18. The van der Waals surface area contributed by atoms with Crippen LogP contribution in [0.2, 0.25) is 0 Å². The van der Waals surface area contributed by atoms with Gasteiger partial charge in [-0.25, -0.2) is 9.18 Å². The van der Waals surface area contributed by atoms with Gasteiger partial charge in [0, 0.05) is 5.56 Å². The maximum absolute atomic E-state index is 13.1. The van der Waals surface area contributed by atoms with E-state index in [0.29, 0.717) is 23.1 Å². The third kappa shape index (κ3) is 3.30. The number of benzene rings is 3. The van der Waals surface area contributed by atoms with E-state index < -0.39 is 0 Å². The number of nitrogens with one attached hydrogen (secondary N) is 2. The maximum atomic E-state index is 13.1. The number of halogens is 1. The van der Waals surface area contributed by atoms with Crippen molar-refractivity contribution in [2.45, 2.75) is 25.4 Å². The Morgan fingerprint density at radius 2 is 1.90 bits per heavy atom. The molecule has 1 aliphatic rings. The summed E-state index contributed by atoms with van der Waals surface area (Å²) in [6.07, 6.45) is 1.85. The first kappa shape index (κ1) is 18.4. The number of nitrogens with zero attached hydrogens (tertiary/aromatic N) is 1. The van der Waals surface area contributed by atoms with Crippen molar-refractivity contribution in [2.24, 2.45) is 0 Å². The van der Waals surface area contributed by atoms with Crippen molar-refractivity contribution in [3.63, 3.8) is 0 Å². The van der Waals surface area contributed by atoms with Gasteiger partial charge >= 0.3 is 5.69 Å². The molecule has 4 aromatic rings. The van der Waals surface area contributed by atoms with Crippen LogP contribution in [0.4, 0.5) is 4.39 Å². The highest BCUT2D eigenvalue weighted by Crippen LogP contribution is 2.31. The lowest BCUT2D eigenvalue weighted by Crippen LogP contribution is -2.27. The summed E-state index contributed by atoms with van der Waals surface area (Å²) < 4.78 is 14.7. The zero-order chi connectivity index (χ0) is 20.7. The predicted octanol–water partition coefficient (Wildman–Crippen LogP) is 3.93. The van der Waals surface area contributed by atoms with E-state index in [1.165, 1.54) is 23.3 Å². The topological polar surface area (TPSA) is 66.9 Å². The van der Waals surface area contributed by atoms with Crippen molar-refractivity contribution in [3.05, 3.63) is 105 Å². The molecule has 150 valence electrons. The van der Waals surface area contributed by atoms with Gasteiger partial charge in [-0.2, -0.15) is 0 Å². The van der Waals surface area contributed by atoms with E-state index in [9.17, 15) is 14.0 Å². The largest absolute Gasteiger partial charge is 0.345 e. The van der Waals surface area contributed by atoms with Crippen molar-refractivity contribution in [2.75, 3.05) is 0 Å². The minimum atomic E-state index is -0.314. The Morgan fingerprint density at radius 3 is 2.73 bits per heavy atom. The molecule has 5 rings (SSSR count). The number of H-pyrrole nitrogens is 1. The summed E-state index contributed by atoms with van der Waals surface area (Å²) in [5.41, 5.74) is 4.81. The molecular weight excluding hydrogens is 381 g/mol. The molecule has 0 fully saturated rings. The van der Waals surface area contributed by atoms with Crippen LogP contribution in [0.25, 0.3) is 11.0 Å². The number of aromatic nitrogens is 2. The molecular formula is C24H20FN3O2. The van der Waals surface area contributed by atoms with Crippen molar-refractivity contribution < 1.29 is 9.18 Å². The van der Waals surface area contributed by atoms with Gasteiger partial charge in [-0.1, -0.05) is 36.4 Å². The molecule has 1 aromatic heterocycles. The van der Waals surface area contributed by atoms with Gasteiger partial charge in [0.2, 0.25) is 0 Å². The van der Waals surface area contributed by atoms with Crippen molar-refractivity contribution in [3.8, 4) is 0 Å². The van der Waals surface area contributed by atoms with E-state index in [-0.39, 0.29) is 23.5 Å². The highest BCUT2D eigenvalue weighted by atomic mass is 19.1. The van der Waals surface area contributed by atoms with Crippen LogP contribution in [0.15, 0.2) is 71.5 Å². The normalized spacial score (nSPS) is 15.3. The summed E-state index contributed by atoms with van der Waals surface area (Å²) in [7, 11) is 0. The fraction of sp³-hybridized carbons (Fsp3) is 0.167. The van der Waals surface area contributed by atoms with Gasteiger partial charge in [0.25, 0.3) is 5.91 Å². The molecule has 0 radical (unpaired) electrons. The van der Waals surface area contributed by atoms with Crippen LogP contribution in [0.5, 0.6) is 0 Å². The number of hydrogen-bond acceptors (Lipinski definition) is 2. The van der Waals surface area contributed by atoms with Crippen molar-refractivity contribution in [1.29, 1.82) is 0 Å². The standard InChI is InChI=1S/C24H20FN3O2/c25-18-9-5-15(6-10-18)14-28-22-12-8-17(13-21(22)27-24(28)30)23(29)26-20-11-7-16-3-1-2-4-19(16)20/h1-6,8-10,12-13,20H,7,11,14H2,(H,26,29)(H,27,30). The lowest BCUT2D eigenvalue weighted by atomic mass is 10.1. The number of aryl methyl sites for hydroxylation is 1. The molecule has 30 heavy (non-hydrogen) atoms. The molecule has 0 bridgehead atoms. The lowest BCUT2D eigenvalue weighted by Gasteiger charge is -2.14. The fourth-order valence-electron chi connectivity index (χ4n) is 4.18. The Balaban J connectivity index is 1.40. The molecule has 0 saturated heterocycles. The number of carbonyl (C=O) groups excluding carboxylic acids is 1. The molecule has 3 aromatic carbocycles. The highest BCUT2D eigenvalue weighted by molar-refractivity contribution is 5.97. The van der Waals surface area contributed by atoms with Crippen LogP contribution in [0, 0.1) is 5.82 Å². The SMILES string of the molecule is O=C(NC1CCc2ccccc21)c1ccc2c(c1)[nH]c(=O)n2Cc1ccc(F)cc1. The van der Waals surface area contributed by atoms with Gasteiger partial charge in [0.05, 0.1) is 23.6 Å². The highest BCUT2D eigenvalue weighted by Gasteiger charge is 2.24. The van der Waals surface area contributed by atoms with Crippen molar-refractivity contribution in [1.82, 2.24) is 14.9 Å². The quantitative estimate of drug-likeness (QED) is 0.544. The molecule has 1 aliphatic carbocycles. The molecule has 5 nitrogen and oxygen atoms in total. The second-order valence-corrected chi connectivity index (χ2v) is 7.64. The zero-order valence-corrected chi connectivity index (χ0v) is 16.2. The first-order valence-electron chi connectivity index (χ1n) is 9.94. The first-order chi connectivity index (χ1) is 14.6. The number of amides is 1. The Hall–Kier alpha value is -3.67. The van der Waals surface area contributed by atoms with Gasteiger partial charge in [-0.05, 0) is 59.9 Å². The van der Waals surface area contributed by atoms with E-state index in [0.717, 1.165) is 18.4 Å². The molecule has 0 spiro atoms. The number of fused-ring (bicyclic) bond motifs is 2. The Labute approximate surface area is 172 Å². The van der Waals surface area contributed by atoms with Crippen LogP contribution in [0.3, 0.4) is 0 Å². The van der Waals surface area contributed by atoms with Crippen molar-refractivity contribution >= 4 is 16.9 Å². The second-order valence-electron chi connectivity index (χ2n) is 7.64. The second kappa shape index (κ2) is 7.30. The van der Waals surface area contributed by atoms with E-state index in [2.05, 4.69) is 22.4 Å². The van der Waals surface area contributed by atoms with Gasteiger partial charge in [-0.3, -0.25) is 9.36 Å². The summed E-state index contributed by atoms with van der Waals surface area (Å²) >= 11 is 0. The maximum Gasteiger partial charge on any atom is 0.326 e. The average molecular weight is 401 g/mol. The summed E-state index contributed by atoms with van der Waals surface area (Å²) in [6.45, 7) is 0.323. The number of imidazole rings is 1. The average Bonchev–Trinajstić information content (AvgIpc) is 3.30. The monoisotopic (exact) mass is 401 g/mol. The molecule has 6 heteroatoms. The Bertz CT molecular complexity index is 1300. The smallest absolute Gasteiger partial charge is 0.326 e. The van der Waals surface area contributed by atoms with Gasteiger partial charge in [0.15, 0.2) is 0 Å². The summed E-state index contributed by atoms with van der Waals surface area (Å²) in [4.78, 5) is 28.1. The lowest BCUT2D eigenvalue weighted by molar-refractivity contribution is 0.0937. The van der Waals surface area contributed by atoms with Crippen LogP contribution < -0.4 is 11.0 Å². The van der Waals surface area contributed by atoms with Crippen LogP contribution in [0.1, 0.15) is 39.5 Å². The third-order valence-corrected chi connectivity index (χ3v) is 5.73. The number of aromatic amines is 1. The van der Waals surface area contributed by atoms with Crippen LogP contribution >= 0.6 is 0 Å². The van der Waals surface area contributed by atoms with E-state index in [4.69, 9.17) is 0 Å². The predicted molar refractivity (Wildman–Crippen MR) is 113 cm³/mol. The van der Waals surface area contributed by atoms with Gasteiger partial charge < -0.3 is 10.3 Å². The summed E-state index contributed by atoms with van der Waals surface area (Å²) in [6, 6.07) is 19.4. The summed E-state index contributed by atoms with van der Waals surface area (Å²) in [5, 5.41) is 3.11. The van der Waals surface area contributed by atoms with E-state index >= 15 is 0 Å². The third-order valence-electron chi connectivity index (χ3n) is 5.73. The number of hydrogen-bond donors (Lipinski definition) is 2. The molecule has 1 amide bonds. The minimum Gasteiger partial charge on any atom is -0.345 e. The summed E-state index contributed by atoms with van der Waals surface area (Å²) in [5.74, 6) is -0.476. The Kier molecular flexibility index (Phi) is 4.47. The minimum absolute atomic E-state index is 0.00604. The van der Waals surface area contributed by atoms with Gasteiger partial charge in [-0.15, -0.1) is 0 Å². The van der Waals surface area contributed by atoms with Gasteiger partial charge in [0.1, 0.15) is 5.82 Å². The van der Waals surface area contributed by atoms with Crippen LogP contribution in [-0.2, 0) is 13.0 Å². The van der Waals surface area contributed by atoms with E-state index in [1.807, 2.05) is 12.1 Å². The van der Waals surface area contributed by atoms with Crippen LogP contribution in [-0.4, -0.2) is 15.5 Å². The Morgan fingerprint density at radius 1 is 1.10 bits per heavy atom. The number of carbonyl (C=O) groups is 1. The number of rotatable bonds is 4. The molecule has 0 aliphatic heterocycles. The molecule has 1 unspecified atom stereocenters. The molecule has 1 atom stereocenters. The zero-order valence-electron chi connectivity index (χ0n) is 16.2.